The number of hydrogen-bond acceptors (Lipinski definition) is 3. The Morgan fingerprint density at radius 3 is 2.52 bits per heavy atom. The minimum Gasteiger partial charge on any atom is -0.487 e. The third-order valence-corrected chi connectivity index (χ3v) is 5.35. The summed E-state index contributed by atoms with van der Waals surface area (Å²) >= 11 is 0. The summed E-state index contributed by atoms with van der Waals surface area (Å²) in [5.74, 6) is -0.0970. The lowest BCUT2D eigenvalue weighted by molar-refractivity contribution is -0.136. The van der Waals surface area contributed by atoms with E-state index in [4.69, 9.17) is 4.74 Å². The fraction of sp³-hybridized carbons (Fsp3) is 0.632. The Kier molecular flexibility index (Phi) is 3.71. The number of rotatable bonds is 2. The summed E-state index contributed by atoms with van der Waals surface area (Å²) in [6.07, 6.45) is 3.14. The van der Waals surface area contributed by atoms with Gasteiger partial charge in [0.05, 0.1) is 12.5 Å². The average Bonchev–Trinajstić information content (AvgIpc) is 2.37. The van der Waals surface area contributed by atoms with Gasteiger partial charge in [0.25, 0.3) is 0 Å². The van der Waals surface area contributed by atoms with Gasteiger partial charge in [-0.3, -0.25) is 4.79 Å². The van der Waals surface area contributed by atoms with Crippen LogP contribution in [0.1, 0.15) is 74.8 Å². The van der Waals surface area contributed by atoms with Crippen molar-refractivity contribution >= 4 is 5.97 Å². The summed E-state index contributed by atoms with van der Waals surface area (Å²) in [5, 5.41) is 20.0. The van der Waals surface area contributed by atoms with Crippen LogP contribution in [0.15, 0.2) is 6.07 Å². The number of carboxylic acid groups (broad SMARTS) is 1. The molecule has 0 radical (unpaired) electrons. The van der Waals surface area contributed by atoms with Crippen LogP contribution in [0.4, 0.5) is 0 Å². The van der Waals surface area contributed by atoms with Gasteiger partial charge in [0.2, 0.25) is 0 Å². The van der Waals surface area contributed by atoms with E-state index in [0.29, 0.717) is 6.42 Å². The number of carbonyl (C=O) groups is 1. The predicted molar refractivity (Wildman–Crippen MR) is 88.0 cm³/mol. The SMILES string of the molecule is Cc1c(CC(=O)O)c(C(C)(C)C)cc2c1C(O)CC1(CCC1)O2. The van der Waals surface area contributed by atoms with Crippen molar-refractivity contribution in [3.63, 3.8) is 0 Å². The van der Waals surface area contributed by atoms with Crippen molar-refractivity contribution in [3.8, 4) is 5.75 Å². The minimum atomic E-state index is -0.847. The first-order valence-corrected chi connectivity index (χ1v) is 8.39. The summed E-state index contributed by atoms with van der Waals surface area (Å²) in [5.41, 5.74) is 3.09. The van der Waals surface area contributed by atoms with Crippen LogP contribution in [0.25, 0.3) is 0 Å². The van der Waals surface area contributed by atoms with Gasteiger partial charge >= 0.3 is 5.97 Å². The van der Waals surface area contributed by atoms with Crippen LogP contribution < -0.4 is 4.74 Å². The molecule has 4 heteroatoms. The van der Waals surface area contributed by atoms with Gasteiger partial charge < -0.3 is 14.9 Å². The van der Waals surface area contributed by atoms with Crippen LogP contribution in [0.3, 0.4) is 0 Å². The van der Waals surface area contributed by atoms with Crippen LogP contribution in [-0.2, 0) is 16.6 Å². The lowest BCUT2D eigenvalue weighted by Gasteiger charge is -2.47. The van der Waals surface area contributed by atoms with Crippen LogP contribution in [0.2, 0.25) is 0 Å². The number of ether oxygens (including phenoxy) is 1. The monoisotopic (exact) mass is 318 g/mol. The normalized spacial score (nSPS) is 22.2. The highest BCUT2D eigenvalue weighted by atomic mass is 16.5. The molecule has 0 aromatic heterocycles. The Bertz CT molecular complexity index is 650. The Hall–Kier alpha value is -1.55. The molecule has 0 saturated heterocycles. The van der Waals surface area contributed by atoms with Gasteiger partial charge in [-0.1, -0.05) is 20.8 Å². The van der Waals surface area contributed by atoms with Gasteiger partial charge in [0.1, 0.15) is 11.4 Å². The van der Waals surface area contributed by atoms with Crippen molar-refractivity contribution < 1.29 is 19.7 Å². The largest absolute Gasteiger partial charge is 0.487 e. The number of aliphatic hydroxyl groups is 1. The topological polar surface area (TPSA) is 66.8 Å². The highest BCUT2D eigenvalue weighted by Crippen LogP contribution is 2.51. The molecule has 4 nitrogen and oxygen atoms in total. The molecule has 1 aromatic rings. The van der Waals surface area contributed by atoms with E-state index in [2.05, 4.69) is 20.8 Å². The number of benzene rings is 1. The predicted octanol–water partition coefficient (Wildman–Crippen LogP) is 3.66. The van der Waals surface area contributed by atoms with E-state index in [-0.39, 0.29) is 17.4 Å². The average molecular weight is 318 g/mol. The van der Waals surface area contributed by atoms with E-state index in [1.807, 2.05) is 13.0 Å². The van der Waals surface area contributed by atoms with E-state index < -0.39 is 12.1 Å². The van der Waals surface area contributed by atoms with Crippen molar-refractivity contribution in [3.05, 3.63) is 28.3 Å². The maximum atomic E-state index is 11.3. The molecular weight excluding hydrogens is 292 g/mol. The molecule has 1 aliphatic heterocycles. The number of fused-ring (bicyclic) bond motifs is 1. The van der Waals surface area contributed by atoms with Crippen LogP contribution in [0, 0.1) is 6.92 Å². The fourth-order valence-electron chi connectivity index (χ4n) is 4.00. The third-order valence-electron chi connectivity index (χ3n) is 5.35. The number of carboxylic acids is 1. The molecule has 1 fully saturated rings. The van der Waals surface area contributed by atoms with Crippen molar-refractivity contribution in [2.45, 2.75) is 76.9 Å². The van der Waals surface area contributed by atoms with Crippen LogP contribution in [0.5, 0.6) is 5.75 Å². The van der Waals surface area contributed by atoms with Gasteiger partial charge in [0.15, 0.2) is 0 Å². The van der Waals surface area contributed by atoms with Crippen molar-refractivity contribution in [1.82, 2.24) is 0 Å². The van der Waals surface area contributed by atoms with E-state index in [0.717, 1.165) is 47.3 Å². The van der Waals surface area contributed by atoms with Gasteiger partial charge in [0, 0.05) is 12.0 Å². The first-order chi connectivity index (χ1) is 10.6. The van der Waals surface area contributed by atoms with E-state index in [1.54, 1.807) is 0 Å². The van der Waals surface area contributed by atoms with E-state index >= 15 is 0 Å². The molecule has 3 rings (SSSR count). The molecule has 126 valence electrons. The highest BCUT2D eigenvalue weighted by molar-refractivity contribution is 5.72. The Morgan fingerprint density at radius 2 is 2.04 bits per heavy atom. The zero-order valence-corrected chi connectivity index (χ0v) is 14.4. The molecule has 2 N–H and O–H groups in total. The maximum absolute atomic E-state index is 11.3. The molecule has 2 aliphatic rings. The summed E-state index contributed by atoms with van der Waals surface area (Å²) in [6, 6.07) is 1.98. The lowest BCUT2D eigenvalue weighted by Crippen LogP contribution is -2.47. The molecule has 23 heavy (non-hydrogen) atoms. The summed E-state index contributed by atoms with van der Waals surface area (Å²) in [6.45, 7) is 8.16. The van der Waals surface area contributed by atoms with Crippen molar-refractivity contribution in [2.24, 2.45) is 0 Å². The van der Waals surface area contributed by atoms with Gasteiger partial charge in [-0.05, 0) is 54.4 Å². The Morgan fingerprint density at radius 1 is 1.39 bits per heavy atom. The van der Waals surface area contributed by atoms with Gasteiger partial charge in [-0.25, -0.2) is 0 Å². The van der Waals surface area contributed by atoms with Gasteiger partial charge in [-0.2, -0.15) is 0 Å². The van der Waals surface area contributed by atoms with Crippen molar-refractivity contribution in [2.75, 3.05) is 0 Å². The highest BCUT2D eigenvalue weighted by Gasteiger charge is 2.46. The zero-order chi connectivity index (χ0) is 17.0. The molecule has 1 aromatic carbocycles. The molecular formula is C19H26O4. The smallest absolute Gasteiger partial charge is 0.307 e. The quantitative estimate of drug-likeness (QED) is 0.873. The Labute approximate surface area is 137 Å². The third kappa shape index (κ3) is 2.74. The second-order valence-electron chi connectivity index (χ2n) is 8.12. The second kappa shape index (κ2) is 5.23. The van der Waals surface area contributed by atoms with E-state index in [9.17, 15) is 15.0 Å². The van der Waals surface area contributed by atoms with Crippen LogP contribution >= 0.6 is 0 Å². The zero-order valence-electron chi connectivity index (χ0n) is 14.4. The first-order valence-electron chi connectivity index (χ1n) is 8.39. The standard InChI is InChI=1S/C19H26O4/c1-11-12(8-16(21)22)13(18(2,3)4)9-15-17(11)14(20)10-19(23-15)6-5-7-19/h9,14,20H,5-8,10H2,1-4H3,(H,21,22). The molecule has 1 spiro atoms. The molecule has 1 aliphatic carbocycles. The lowest BCUT2D eigenvalue weighted by atomic mass is 9.71. The molecule has 0 bridgehead atoms. The van der Waals surface area contributed by atoms with Crippen LogP contribution in [-0.4, -0.2) is 21.8 Å². The van der Waals surface area contributed by atoms with E-state index in [1.165, 1.54) is 0 Å². The molecule has 0 amide bonds. The number of hydrogen-bond donors (Lipinski definition) is 2. The summed E-state index contributed by atoms with van der Waals surface area (Å²) in [7, 11) is 0. The number of aliphatic hydroxyl groups excluding tert-OH is 1. The molecule has 1 atom stereocenters. The minimum absolute atomic E-state index is 0.0242. The molecule has 1 saturated carbocycles. The number of aliphatic carboxylic acids is 1. The molecule has 1 unspecified atom stereocenters. The van der Waals surface area contributed by atoms with Gasteiger partial charge in [-0.15, -0.1) is 0 Å². The molecule has 1 heterocycles. The van der Waals surface area contributed by atoms with Crippen molar-refractivity contribution in [1.29, 1.82) is 0 Å². The first kappa shape index (κ1) is 16.3. The maximum Gasteiger partial charge on any atom is 0.307 e. The summed E-state index contributed by atoms with van der Waals surface area (Å²) < 4.78 is 6.30. The fourth-order valence-corrected chi connectivity index (χ4v) is 4.00. The Balaban J connectivity index is 2.16. The second-order valence-corrected chi connectivity index (χ2v) is 8.12. The summed E-state index contributed by atoms with van der Waals surface area (Å²) in [4.78, 5) is 11.3.